The SMILES string of the molecule is O=C(NCCCSc1c(Cl)ccc2c1CCNCC2OC(=O)C(F)(F)F)Nc1ccccc1. The Morgan fingerprint density at radius 1 is 1.18 bits per heavy atom. The van der Waals surface area contributed by atoms with Gasteiger partial charge >= 0.3 is 18.2 Å². The van der Waals surface area contributed by atoms with Gasteiger partial charge in [0.15, 0.2) is 0 Å². The lowest BCUT2D eigenvalue weighted by Gasteiger charge is -2.21. The summed E-state index contributed by atoms with van der Waals surface area (Å²) < 4.78 is 42.8. The van der Waals surface area contributed by atoms with E-state index in [1.807, 2.05) is 18.2 Å². The van der Waals surface area contributed by atoms with E-state index in [4.69, 9.17) is 16.3 Å². The van der Waals surface area contributed by atoms with Crippen LogP contribution in [-0.2, 0) is 16.0 Å². The van der Waals surface area contributed by atoms with Crippen molar-refractivity contribution in [2.45, 2.75) is 30.0 Å². The van der Waals surface area contributed by atoms with Crippen LogP contribution in [0.25, 0.3) is 0 Å². The maximum absolute atomic E-state index is 12.7. The number of ether oxygens (including phenoxy) is 1. The predicted octanol–water partition coefficient (Wildman–Crippen LogP) is 4.94. The largest absolute Gasteiger partial charge is 0.490 e. The van der Waals surface area contributed by atoms with Gasteiger partial charge in [0.1, 0.15) is 6.10 Å². The molecule has 6 nitrogen and oxygen atoms in total. The summed E-state index contributed by atoms with van der Waals surface area (Å²) in [7, 11) is 0. The Morgan fingerprint density at radius 3 is 2.67 bits per heavy atom. The van der Waals surface area contributed by atoms with Crippen molar-refractivity contribution < 1.29 is 27.5 Å². The Hall–Kier alpha value is -2.43. The van der Waals surface area contributed by atoms with Crippen molar-refractivity contribution in [3.05, 3.63) is 58.6 Å². The number of thioether (sulfide) groups is 1. The van der Waals surface area contributed by atoms with Crippen LogP contribution in [0.3, 0.4) is 0 Å². The summed E-state index contributed by atoms with van der Waals surface area (Å²) in [6.07, 6.45) is -4.93. The van der Waals surface area contributed by atoms with Gasteiger partial charge in [-0.05, 0) is 54.5 Å². The number of carbonyl (C=O) groups is 2. The first-order chi connectivity index (χ1) is 15.8. The Kier molecular flexibility index (Phi) is 8.87. The molecular formula is C22H23ClF3N3O3S. The Balaban J connectivity index is 1.58. The quantitative estimate of drug-likeness (QED) is 0.284. The summed E-state index contributed by atoms with van der Waals surface area (Å²) in [4.78, 5) is 24.1. The molecule has 1 unspecified atom stereocenters. The second-order valence-electron chi connectivity index (χ2n) is 7.24. The van der Waals surface area contributed by atoms with Gasteiger partial charge in [0.25, 0.3) is 0 Å². The second kappa shape index (κ2) is 11.6. The molecule has 3 rings (SSSR count). The number of halogens is 4. The fourth-order valence-electron chi connectivity index (χ4n) is 3.33. The zero-order valence-electron chi connectivity index (χ0n) is 17.5. The van der Waals surface area contributed by atoms with E-state index in [-0.39, 0.29) is 12.6 Å². The van der Waals surface area contributed by atoms with E-state index in [9.17, 15) is 22.8 Å². The summed E-state index contributed by atoms with van der Waals surface area (Å²) in [6, 6.07) is 12.0. The van der Waals surface area contributed by atoms with E-state index >= 15 is 0 Å². The number of amides is 2. The van der Waals surface area contributed by atoms with Crippen LogP contribution < -0.4 is 16.0 Å². The number of nitrogens with one attached hydrogen (secondary N) is 3. The predicted molar refractivity (Wildman–Crippen MR) is 122 cm³/mol. The van der Waals surface area contributed by atoms with Crippen LogP contribution in [0, 0.1) is 0 Å². The minimum absolute atomic E-state index is 0.0843. The van der Waals surface area contributed by atoms with Gasteiger partial charge in [-0.2, -0.15) is 13.2 Å². The number of hydrogen-bond donors (Lipinski definition) is 3. The minimum Gasteiger partial charge on any atom is -0.449 e. The summed E-state index contributed by atoms with van der Waals surface area (Å²) in [5.41, 5.74) is 1.98. The van der Waals surface area contributed by atoms with Crippen LogP contribution in [0.1, 0.15) is 23.7 Å². The highest BCUT2D eigenvalue weighted by atomic mass is 35.5. The Bertz CT molecular complexity index is 977. The number of fused-ring (bicyclic) bond motifs is 1. The number of esters is 1. The van der Waals surface area contributed by atoms with Crippen molar-refractivity contribution in [2.75, 3.05) is 30.7 Å². The first-order valence-electron chi connectivity index (χ1n) is 10.3. The molecule has 0 saturated carbocycles. The molecule has 1 atom stereocenters. The monoisotopic (exact) mass is 501 g/mol. The summed E-state index contributed by atoms with van der Waals surface area (Å²) >= 11 is 7.84. The number of alkyl halides is 3. The molecule has 0 bridgehead atoms. The Morgan fingerprint density at radius 2 is 1.94 bits per heavy atom. The molecule has 2 aromatic rings. The fourth-order valence-corrected chi connectivity index (χ4v) is 4.77. The van der Waals surface area contributed by atoms with Gasteiger partial charge in [0.05, 0.1) is 5.02 Å². The van der Waals surface area contributed by atoms with E-state index in [0.717, 1.165) is 10.5 Å². The minimum atomic E-state index is -5.06. The number of anilines is 1. The molecule has 0 fully saturated rings. The van der Waals surface area contributed by atoms with Gasteiger partial charge in [-0.3, -0.25) is 0 Å². The third-order valence-corrected chi connectivity index (χ3v) is 6.52. The standard InChI is InChI=1S/C22H23ClF3N3O3S/c23-17-8-7-15-16(9-11-27-13-18(15)32-20(30)22(24,25)26)19(17)33-12-4-10-28-21(31)29-14-5-2-1-3-6-14/h1-3,5-8,18,27H,4,9-13H2,(H2,28,29,31). The third kappa shape index (κ3) is 7.28. The first-order valence-corrected chi connectivity index (χ1v) is 11.6. The maximum Gasteiger partial charge on any atom is 0.490 e. The van der Waals surface area contributed by atoms with Gasteiger partial charge in [-0.25, -0.2) is 9.59 Å². The van der Waals surface area contributed by atoms with Crippen LogP contribution in [0.5, 0.6) is 0 Å². The molecule has 0 aliphatic carbocycles. The number of benzene rings is 2. The third-order valence-electron chi connectivity index (χ3n) is 4.84. The zero-order chi connectivity index (χ0) is 23.8. The molecule has 1 aliphatic rings. The molecule has 0 radical (unpaired) electrons. The van der Waals surface area contributed by atoms with E-state index < -0.39 is 18.2 Å². The number of hydrogen-bond acceptors (Lipinski definition) is 5. The topological polar surface area (TPSA) is 79.5 Å². The molecule has 11 heteroatoms. The van der Waals surface area contributed by atoms with Gasteiger partial charge < -0.3 is 20.7 Å². The average Bonchev–Trinajstić information content (AvgIpc) is 2.97. The van der Waals surface area contributed by atoms with E-state index in [0.29, 0.717) is 48.0 Å². The highest BCUT2D eigenvalue weighted by Gasteiger charge is 2.43. The maximum atomic E-state index is 12.7. The van der Waals surface area contributed by atoms with Crippen molar-refractivity contribution in [2.24, 2.45) is 0 Å². The molecule has 2 amide bonds. The summed E-state index contributed by atoms with van der Waals surface area (Å²) in [5, 5.41) is 9.00. The lowest BCUT2D eigenvalue weighted by molar-refractivity contribution is -0.205. The zero-order valence-corrected chi connectivity index (χ0v) is 19.1. The van der Waals surface area contributed by atoms with Gasteiger partial charge in [-0.1, -0.05) is 35.9 Å². The van der Waals surface area contributed by atoms with Gasteiger partial charge in [-0.15, -0.1) is 11.8 Å². The van der Waals surface area contributed by atoms with Crippen LogP contribution in [0.4, 0.5) is 23.7 Å². The van der Waals surface area contributed by atoms with Crippen molar-refractivity contribution >= 4 is 41.1 Å². The van der Waals surface area contributed by atoms with Gasteiger partial charge in [0, 0.05) is 23.7 Å². The molecule has 0 spiro atoms. The van der Waals surface area contributed by atoms with E-state index in [1.165, 1.54) is 11.8 Å². The van der Waals surface area contributed by atoms with Crippen molar-refractivity contribution in [1.82, 2.24) is 10.6 Å². The molecular weight excluding hydrogens is 479 g/mol. The van der Waals surface area contributed by atoms with E-state index in [1.54, 1.807) is 24.3 Å². The number of carbonyl (C=O) groups excluding carboxylic acids is 2. The fraction of sp³-hybridized carbons (Fsp3) is 0.364. The highest BCUT2D eigenvalue weighted by Crippen LogP contribution is 2.38. The molecule has 0 saturated heterocycles. The highest BCUT2D eigenvalue weighted by molar-refractivity contribution is 7.99. The number of rotatable bonds is 7. The molecule has 3 N–H and O–H groups in total. The average molecular weight is 502 g/mol. The lowest BCUT2D eigenvalue weighted by atomic mass is 10.0. The molecule has 2 aromatic carbocycles. The first kappa shape index (κ1) is 25.2. The van der Waals surface area contributed by atoms with Crippen LogP contribution in [-0.4, -0.2) is 43.6 Å². The van der Waals surface area contributed by atoms with Crippen molar-refractivity contribution in [3.63, 3.8) is 0 Å². The summed E-state index contributed by atoms with van der Waals surface area (Å²) in [5.74, 6) is -1.59. The molecule has 33 heavy (non-hydrogen) atoms. The van der Waals surface area contributed by atoms with Crippen LogP contribution >= 0.6 is 23.4 Å². The number of para-hydroxylation sites is 1. The molecule has 178 valence electrons. The molecule has 0 aromatic heterocycles. The van der Waals surface area contributed by atoms with E-state index in [2.05, 4.69) is 16.0 Å². The van der Waals surface area contributed by atoms with Crippen molar-refractivity contribution in [1.29, 1.82) is 0 Å². The number of urea groups is 1. The van der Waals surface area contributed by atoms with Crippen molar-refractivity contribution in [3.8, 4) is 0 Å². The smallest absolute Gasteiger partial charge is 0.449 e. The molecule has 1 aliphatic heterocycles. The Labute approximate surface area is 198 Å². The molecule has 1 heterocycles. The van der Waals surface area contributed by atoms with Crippen LogP contribution in [0.2, 0.25) is 5.02 Å². The normalized spacial score (nSPS) is 15.8. The lowest BCUT2D eigenvalue weighted by Crippen LogP contribution is -2.30. The van der Waals surface area contributed by atoms with Gasteiger partial charge in [0.2, 0.25) is 0 Å². The van der Waals surface area contributed by atoms with Crippen LogP contribution in [0.15, 0.2) is 47.4 Å². The summed E-state index contributed by atoms with van der Waals surface area (Å²) in [6.45, 7) is 1.04. The second-order valence-corrected chi connectivity index (χ2v) is 8.75.